The zero-order valence-electron chi connectivity index (χ0n) is 18.7. The van der Waals surface area contributed by atoms with E-state index in [0.29, 0.717) is 0 Å². The van der Waals surface area contributed by atoms with E-state index in [2.05, 4.69) is 4.98 Å². The van der Waals surface area contributed by atoms with Gasteiger partial charge in [-0.15, -0.1) is 0 Å². The number of nitrogens with one attached hydrogen (secondary N) is 2. The SMILES string of the molecule is CC(C(=O)NC(c1cccnc1)(c1cccc(Cl)c1F)C(F)(F)F)c1ccc(NS(C)(=O)=O)c(F)c1. The molecule has 0 aliphatic heterocycles. The van der Waals surface area contributed by atoms with Crippen molar-refractivity contribution in [3.63, 3.8) is 0 Å². The van der Waals surface area contributed by atoms with E-state index in [9.17, 15) is 30.8 Å². The van der Waals surface area contributed by atoms with Gasteiger partial charge in [-0.2, -0.15) is 13.2 Å². The zero-order chi connectivity index (χ0) is 26.9. The smallest absolute Gasteiger partial charge is 0.334 e. The van der Waals surface area contributed by atoms with Crippen LogP contribution >= 0.6 is 11.6 Å². The predicted molar refractivity (Wildman–Crippen MR) is 124 cm³/mol. The quantitative estimate of drug-likeness (QED) is 0.402. The molecule has 2 N–H and O–H groups in total. The van der Waals surface area contributed by atoms with Crippen LogP contribution in [0.1, 0.15) is 29.5 Å². The molecule has 2 aromatic carbocycles. The highest BCUT2D eigenvalue weighted by atomic mass is 35.5. The van der Waals surface area contributed by atoms with Crippen molar-refractivity contribution in [2.45, 2.75) is 24.6 Å². The van der Waals surface area contributed by atoms with Gasteiger partial charge < -0.3 is 5.32 Å². The Balaban J connectivity index is 2.11. The Bertz CT molecular complexity index is 1390. The van der Waals surface area contributed by atoms with Crippen molar-refractivity contribution >= 4 is 33.2 Å². The molecule has 13 heteroatoms. The Labute approximate surface area is 208 Å². The van der Waals surface area contributed by atoms with Crippen LogP contribution in [0.5, 0.6) is 0 Å². The molecule has 0 fully saturated rings. The molecule has 3 rings (SSSR count). The fraction of sp³-hybridized carbons (Fsp3) is 0.217. The van der Waals surface area contributed by atoms with E-state index in [4.69, 9.17) is 11.6 Å². The molecule has 0 aliphatic carbocycles. The molecule has 6 nitrogen and oxygen atoms in total. The van der Waals surface area contributed by atoms with E-state index in [1.54, 1.807) is 0 Å². The highest BCUT2D eigenvalue weighted by molar-refractivity contribution is 7.92. The number of hydrogen-bond donors (Lipinski definition) is 2. The molecule has 0 bridgehead atoms. The van der Waals surface area contributed by atoms with Gasteiger partial charge in [-0.25, -0.2) is 17.2 Å². The van der Waals surface area contributed by atoms with Crippen molar-refractivity contribution in [3.05, 3.63) is 94.3 Å². The van der Waals surface area contributed by atoms with Crippen molar-refractivity contribution in [1.82, 2.24) is 10.3 Å². The minimum absolute atomic E-state index is 0.0575. The first-order valence-corrected chi connectivity index (χ1v) is 12.5. The minimum atomic E-state index is -5.27. The minimum Gasteiger partial charge on any atom is -0.334 e. The summed E-state index contributed by atoms with van der Waals surface area (Å²) in [5, 5.41) is 1.31. The maximum atomic E-state index is 15.0. The maximum absolute atomic E-state index is 15.0. The molecule has 2 atom stereocenters. The van der Waals surface area contributed by atoms with E-state index in [0.717, 1.165) is 48.9 Å². The largest absolute Gasteiger partial charge is 0.420 e. The molecular formula is C23H19ClF5N3O3S. The number of pyridine rings is 1. The fourth-order valence-corrected chi connectivity index (χ4v) is 4.33. The van der Waals surface area contributed by atoms with Gasteiger partial charge >= 0.3 is 6.18 Å². The van der Waals surface area contributed by atoms with Crippen LogP contribution < -0.4 is 10.0 Å². The number of benzene rings is 2. The Hall–Kier alpha value is -3.25. The standard InChI is InChI=1S/C23H19ClF5N3O3S/c1-13(14-8-9-19(18(25)11-14)32-36(2,34)35)21(33)31-22(23(27,28)29,15-5-4-10-30-12-15)16-6-3-7-17(24)20(16)26/h3-13,32H,1-2H3,(H,31,33). The summed E-state index contributed by atoms with van der Waals surface area (Å²) in [4.78, 5) is 16.8. The first-order chi connectivity index (χ1) is 16.7. The van der Waals surface area contributed by atoms with Crippen LogP contribution in [0.2, 0.25) is 5.02 Å². The maximum Gasteiger partial charge on any atom is 0.420 e. The van der Waals surface area contributed by atoms with Crippen molar-refractivity contribution in [1.29, 1.82) is 0 Å². The number of aromatic nitrogens is 1. The summed E-state index contributed by atoms with van der Waals surface area (Å²) in [6.07, 6.45) is -2.42. The van der Waals surface area contributed by atoms with Crippen LogP contribution in [0.4, 0.5) is 27.6 Å². The zero-order valence-corrected chi connectivity index (χ0v) is 20.3. The van der Waals surface area contributed by atoms with Crippen LogP contribution in [0.25, 0.3) is 0 Å². The number of carbonyl (C=O) groups is 1. The number of rotatable bonds is 7. The second-order valence-corrected chi connectivity index (χ2v) is 10.1. The van der Waals surface area contributed by atoms with Crippen molar-refractivity contribution in [2.24, 2.45) is 0 Å². The summed E-state index contributed by atoms with van der Waals surface area (Å²) in [6, 6.07) is 8.26. The summed E-state index contributed by atoms with van der Waals surface area (Å²) in [5.41, 5.74) is -5.40. The number of amides is 1. The van der Waals surface area contributed by atoms with Gasteiger partial charge in [0, 0.05) is 23.5 Å². The molecule has 0 saturated carbocycles. The van der Waals surface area contributed by atoms with Gasteiger partial charge in [0.15, 0.2) is 5.54 Å². The first-order valence-electron chi connectivity index (χ1n) is 10.2. The third-order valence-electron chi connectivity index (χ3n) is 5.37. The van der Waals surface area contributed by atoms with Gasteiger partial charge in [-0.05, 0) is 36.8 Å². The lowest BCUT2D eigenvalue weighted by Gasteiger charge is -2.38. The van der Waals surface area contributed by atoms with Gasteiger partial charge in [0.25, 0.3) is 0 Å². The highest BCUT2D eigenvalue weighted by Gasteiger charge is 2.60. The van der Waals surface area contributed by atoms with Gasteiger partial charge in [0.05, 0.1) is 22.9 Å². The molecule has 3 aromatic rings. The molecule has 2 unspecified atom stereocenters. The van der Waals surface area contributed by atoms with Crippen LogP contribution in [-0.2, 0) is 20.4 Å². The number of nitrogens with zero attached hydrogens (tertiary/aromatic N) is 1. The van der Waals surface area contributed by atoms with E-state index < -0.39 is 67.0 Å². The van der Waals surface area contributed by atoms with Crippen LogP contribution in [0.3, 0.4) is 0 Å². The molecule has 1 aromatic heterocycles. The van der Waals surface area contributed by atoms with Crippen molar-refractivity contribution in [2.75, 3.05) is 11.0 Å². The number of alkyl halides is 3. The van der Waals surface area contributed by atoms with Gasteiger partial charge in [-0.1, -0.05) is 35.9 Å². The Morgan fingerprint density at radius 2 is 1.78 bits per heavy atom. The highest BCUT2D eigenvalue weighted by Crippen LogP contribution is 2.46. The summed E-state index contributed by atoms with van der Waals surface area (Å²) in [7, 11) is -3.80. The number of halogens is 6. The van der Waals surface area contributed by atoms with E-state index in [-0.39, 0.29) is 5.56 Å². The molecule has 0 radical (unpaired) electrons. The lowest BCUT2D eigenvalue weighted by molar-refractivity contribution is -0.191. The third-order valence-corrected chi connectivity index (χ3v) is 6.25. The Morgan fingerprint density at radius 1 is 1.08 bits per heavy atom. The molecule has 36 heavy (non-hydrogen) atoms. The number of sulfonamides is 1. The second-order valence-electron chi connectivity index (χ2n) is 7.92. The topological polar surface area (TPSA) is 88.2 Å². The predicted octanol–water partition coefficient (Wildman–Crippen LogP) is 5.11. The van der Waals surface area contributed by atoms with Gasteiger partial charge in [-0.3, -0.25) is 14.5 Å². The lowest BCUT2D eigenvalue weighted by atomic mass is 9.81. The van der Waals surface area contributed by atoms with E-state index in [1.165, 1.54) is 25.3 Å². The molecule has 1 heterocycles. The molecular weight excluding hydrogens is 529 g/mol. The fourth-order valence-electron chi connectivity index (χ4n) is 3.59. The lowest BCUT2D eigenvalue weighted by Crippen LogP contribution is -2.58. The van der Waals surface area contributed by atoms with E-state index in [1.807, 2.05) is 10.0 Å². The molecule has 0 aliphatic rings. The average Bonchev–Trinajstić information content (AvgIpc) is 2.79. The van der Waals surface area contributed by atoms with Gasteiger partial charge in [0.1, 0.15) is 11.6 Å². The summed E-state index contributed by atoms with van der Waals surface area (Å²) in [6.45, 7) is 1.21. The Morgan fingerprint density at radius 3 is 2.33 bits per heavy atom. The van der Waals surface area contributed by atoms with Crippen LogP contribution in [-0.4, -0.2) is 31.7 Å². The molecule has 192 valence electrons. The van der Waals surface area contributed by atoms with Crippen LogP contribution in [0, 0.1) is 11.6 Å². The summed E-state index contributed by atoms with van der Waals surface area (Å²) >= 11 is 5.77. The first kappa shape index (κ1) is 27.3. The monoisotopic (exact) mass is 547 g/mol. The van der Waals surface area contributed by atoms with Crippen molar-refractivity contribution < 1.29 is 35.2 Å². The number of hydrogen-bond acceptors (Lipinski definition) is 4. The summed E-state index contributed by atoms with van der Waals surface area (Å²) < 4.78 is 98.5. The van der Waals surface area contributed by atoms with E-state index >= 15 is 4.39 Å². The van der Waals surface area contributed by atoms with Crippen LogP contribution in [0.15, 0.2) is 60.9 Å². The summed E-state index contributed by atoms with van der Waals surface area (Å²) in [5.74, 6) is -5.03. The second kappa shape index (κ2) is 10.0. The molecule has 1 amide bonds. The molecule has 0 saturated heterocycles. The Kier molecular flexibility index (Phi) is 7.61. The normalized spacial score (nSPS) is 14.6. The average molecular weight is 548 g/mol. The third kappa shape index (κ3) is 5.44. The van der Waals surface area contributed by atoms with Gasteiger partial charge in [0.2, 0.25) is 15.9 Å². The number of anilines is 1. The number of carbonyl (C=O) groups excluding carboxylic acids is 1. The molecule has 0 spiro atoms. The van der Waals surface area contributed by atoms with Crippen molar-refractivity contribution in [3.8, 4) is 0 Å².